The molecule has 4 atom stereocenters. The van der Waals surface area contributed by atoms with Crippen molar-refractivity contribution in [3.8, 4) is 11.4 Å². The molecule has 1 aromatic heterocycles. The van der Waals surface area contributed by atoms with E-state index in [1.165, 1.54) is 4.68 Å². The number of nitrogens with zero attached hydrogens (tertiary/aromatic N) is 2. The SMILES string of the molecule is Cc1ccc(-c2nc3ccccc3c(=O)n2NCC2(O)OCC(O)C(O)C2O)cc1. The van der Waals surface area contributed by atoms with Crippen LogP contribution in [0.1, 0.15) is 5.56 Å². The molecule has 0 aliphatic carbocycles. The second kappa shape index (κ2) is 7.78. The zero-order valence-corrected chi connectivity index (χ0v) is 16.3. The quantitative estimate of drug-likeness (QED) is 0.394. The molecular weight excluding hydrogens is 390 g/mol. The van der Waals surface area contributed by atoms with Crippen LogP contribution < -0.4 is 11.0 Å². The highest BCUT2D eigenvalue weighted by atomic mass is 16.6. The van der Waals surface area contributed by atoms with Gasteiger partial charge in [0.1, 0.15) is 18.3 Å². The molecule has 1 aliphatic heterocycles. The summed E-state index contributed by atoms with van der Waals surface area (Å²) in [5, 5.41) is 40.7. The summed E-state index contributed by atoms with van der Waals surface area (Å²) in [5.41, 5.74) is 4.61. The van der Waals surface area contributed by atoms with Crippen LogP contribution in [0.15, 0.2) is 53.3 Å². The van der Waals surface area contributed by atoms with Crippen molar-refractivity contribution in [2.24, 2.45) is 0 Å². The Morgan fingerprint density at radius 2 is 1.87 bits per heavy atom. The molecule has 2 heterocycles. The van der Waals surface area contributed by atoms with E-state index in [4.69, 9.17) is 4.74 Å². The second-order valence-corrected chi connectivity index (χ2v) is 7.45. The van der Waals surface area contributed by atoms with Crippen molar-refractivity contribution in [3.05, 3.63) is 64.4 Å². The molecule has 158 valence electrons. The predicted octanol–water partition coefficient (Wildman–Crippen LogP) is -0.283. The van der Waals surface area contributed by atoms with Gasteiger partial charge in [-0.2, -0.15) is 0 Å². The average molecular weight is 413 g/mol. The van der Waals surface area contributed by atoms with Crippen molar-refractivity contribution in [1.82, 2.24) is 9.66 Å². The van der Waals surface area contributed by atoms with Crippen molar-refractivity contribution in [2.75, 3.05) is 18.6 Å². The molecule has 0 radical (unpaired) electrons. The van der Waals surface area contributed by atoms with Gasteiger partial charge in [-0.3, -0.25) is 4.79 Å². The van der Waals surface area contributed by atoms with Gasteiger partial charge in [0.25, 0.3) is 5.56 Å². The molecule has 0 saturated carbocycles. The van der Waals surface area contributed by atoms with Crippen LogP contribution in [0.5, 0.6) is 0 Å². The second-order valence-electron chi connectivity index (χ2n) is 7.45. The van der Waals surface area contributed by atoms with E-state index in [2.05, 4.69) is 10.4 Å². The Kier molecular flexibility index (Phi) is 5.31. The maximum absolute atomic E-state index is 13.2. The lowest BCUT2D eigenvalue weighted by Gasteiger charge is -2.41. The molecule has 3 aromatic rings. The number of ether oxygens (including phenoxy) is 1. The van der Waals surface area contributed by atoms with Gasteiger partial charge in [0.05, 0.1) is 24.1 Å². The van der Waals surface area contributed by atoms with E-state index < -0.39 is 36.2 Å². The normalized spacial score (nSPS) is 26.6. The smallest absolute Gasteiger partial charge is 0.280 e. The Labute approximate surface area is 171 Å². The molecule has 5 N–H and O–H groups in total. The van der Waals surface area contributed by atoms with E-state index in [0.29, 0.717) is 22.3 Å². The highest BCUT2D eigenvalue weighted by molar-refractivity contribution is 5.79. The molecule has 1 aliphatic rings. The molecule has 4 rings (SSSR count). The minimum atomic E-state index is -2.21. The molecule has 9 nitrogen and oxygen atoms in total. The van der Waals surface area contributed by atoms with Gasteiger partial charge >= 0.3 is 0 Å². The number of aliphatic hydroxyl groups excluding tert-OH is 3. The van der Waals surface area contributed by atoms with E-state index in [0.717, 1.165) is 5.56 Å². The van der Waals surface area contributed by atoms with E-state index in [-0.39, 0.29) is 6.61 Å². The van der Waals surface area contributed by atoms with Crippen LogP contribution in [0.25, 0.3) is 22.3 Å². The molecule has 9 heteroatoms. The van der Waals surface area contributed by atoms with Gasteiger partial charge in [-0.15, -0.1) is 0 Å². The number of hydrogen-bond acceptors (Lipinski definition) is 8. The summed E-state index contributed by atoms with van der Waals surface area (Å²) in [5.74, 6) is -1.90. The summed E-state index contributed by atoms with van der Waals surface area (Å²) in [6.07, 6.45) is -4.69. The number of para-hydroxylation sites is 1. The molecule has 2 aromatic carbocycles. The number of fused-ring (bicyclic) bond motifs is 1. The standard InChI is InChI=1S/C21H23N3O6/c1-12-6-8-13(9-7-12)19-23-15-5-3-2-4-14(15)20(28)24(19)22-11-21(29)18(27)17(26)16(25)10-30-21/h2-9,16-18,22,25-27,29H,10-11H2,1H3. The fourth-order valence-corrected chi connectivity index (χ4v) is 3.41. The van der Waals surface area contributed by atoms with Crippen LogP contribution in [0.3, 0.4) is 0 Å². The third-order valence-electron chi connectivity index (χ3n) is 5.26. The Hall–Kier alpha value is -2.82. The number of rotatable bonds is 4. The van der Waals surface area contributed by atoms with E-state index in [1.807, 2.05) is 31.2 Å². The topological polar surface area (TPSA) is 137 Å². The van der Waals surface area contributed by atoms with Crippen LogP contribution in [0, 0.1) is 6.92 Å². The Bertz CT molecular complexity index is 1120. The summed E-state index contributed by atoms with van der Waals surface area (Å²) in [6, 6.07) is 14.3. The van der Waals surface area contributed by atoms with E-state index in [1.54, 1.807) is 24.3 Å². The van der Waals surface area contributed by atoms with Gasteiger partial charge in [-0.1, -0.05) is 42.0 Å². The molecule has 4 unspecified atom stereocenters. The lowest BCUT2D eigenvalue weighted by Crippen LogP contribution is -2.64. The fourth-order valence-electron chi connectivity index (χ4n) is 3.41. The summed E-state index contributed by atoms with van der Waals surface area (Å²) >= 11 is 0. The first-order valence-electron chi connectivity index (χ1n) is 9.53. The molecule has 1 fully saturated rings. The average Bonchev–Trinajstić information content (AvgIpc) is 2.75. The minimum Gasteiger partial charge on any atom is -0.388 e. The minimum absolute atomic E-state index is 0.313. The summed E-state index contributed by atoms with van der Waals surface area (Å²) in [6.45, 7) is 1.14. The highest BCUT2D eigenvalue weighted by Gasteiger charge is 2.48. The van der Waals surface area contributed by atoms with Gasteiger partial charge in [0, 0.05) is 5.56 Å². The first-order valence-corrected chi connectivity index (χ1v) is 9.53. The Balaban J connectivity index is 1.76. The summed E-state index contributed by atoms with van der Waals surface area (Å²) in [4.78, 5) is 17.7. The fraction of sp³-hybridized carbons (Fsp3) is 0.333. The van der Waals surface area contributed by atoms with Crippen molar-refractivity contribution in [3.63, 3.8) is 0 Å². The zero-order valence-electron chi connectivity index (χ0n) is 16.3. The lowest BCUT2D eigenvalue weighted by molar-refractivity contribution is -0.314. The lowest BCUT2D eigenvalue weighted by atomic mass is 9.97. The van der Waals surface area contributed by atoms with Crippen molar-refractivity contribution in [2.45, 2.75) is 31.0 Å². The van der Waals surface area contributed by atoms with Crippen molar-refractivity contribution in [1.29, 1.82) is 0 Å². The molecule has 0 spiro atoms. The summed E-state index contributed by atoms with van der Waals surface area (Å²) < 4.78 is 6.35. The highest BCUT2D eigenvalue weighted by Crippen LogP contribution is 2.24. The van der Waals surface area contributed by atoms with Gasteiger partial charge < -0.3 is 30.6 Å². The van der Waals surface area contributed by atoms with Crippen LogP contribution in [0.2, 0.25) is 0 Å². The van der Waals surface area contributed by atoms with Gasteiger partial charge in [-0.05, 0) is 19.1 Å². The van der Waals surface area contributed by atoms with Crippen LogP contribution in [0.4, 0.5) is 0 Å². The number of benzene rings is 2. The van der Waals surface area contributed by atoms with Crippen LogP contribution in [-0.4, -0.2) is 67.3 Å². The van der Waals surface area contributed by atoms with E-state index >= 15 is 0 Å². The van der Waals surface area contributed by atoms with Crippen molar-refractivity contribution < 1.29 is 25.2 Å². The molecular formula is C21H23N3O6. The first-order chi connectivity index (χ1) is 14.3. The monoisotopic (exact) mass is 413 g/mol. The molecule has 0 bridgehead atoms. The number of aromatic nitrogens is 2. The number of aryl methyl sites for hydroxylation is 1. The maximum atomic E-state index is 13.2. The number of aliphatic hydroxyl groups is 4. The molecule has 1 saturated heterocycles. The largest absolute Gasteiger partial charge is 0.388 e. The Morgan fingerprint density at radius 3 is 2.60 bits per heavy atom. The Morgan fingerprint density at radius 1 is 1.17 bits per heavy atom. The van der Waals surface area contributed by atoms with Gasteiger partial charge in [0.2, 0.25) is 5.79 Å². The number of nitrogens with one attached hydrogen (secondary N) is 1. The van der Waals surface area contributed by atoms with Gasteiger partial charge in [-0.25, -0.2) is 9.66 Å². The maximum Gasteiger partial charge on any atom is 0.280 e. The van der Waals surface area contributed by atoms with Crippen LogP contribution >= 0.6 is 0 Å². The predicted molar refractivity (Wildman–Crippen MR) is 109 cm³/mol. The van der Waals surface area contributed by atoms with Crippen molar-refractivity contribution >= 4 is 10.9 Å². The van der Waals surface area contributed by atoms with E-state index in [9.17, 15) is 25.2 Å². The third-order valence-corrected chi connectivity index (χ3v) is 5.26. The number of hydrogen-bond donors (Lipinski definition) is 5. The van der Waals surface area contributed by atoms with Crippen LogP contribution in [-0.2, 0) is 4.74 Å². The molecule has 30 heavy (non-hydrogen) atoms. The van der Waals surface area contributed by atoms with Gasteiger partial charge in [0.15, 0.2) is 5.82 Å². The summed E-state index contributed by atoms with van der Waals surface area (Å²) in [7, 11) is 0. The third kappa shape index (κ3) is 3.57. The zero-order chi connectivity index (χ0) is 21.5. The first kappa shape index (κ1) is 20.5. The molecule has 0 amide bonds.